The fraction of sp³-hybridized carbons (Fsp3) is 0.667. The molecule has 0 aliphatic carbocycles. The van der Waals surface area contributed by atoms with Crippen LogP contribution in [-0.4, -0.2) is 64.6 Å². The van der Waals surface area contributed by atoms with Gasteiger partial charge in [0.05, 0.1) is 6.26 Å². The lowest BCUT2D eigenvalue weighted by Crippen LogP contribution is -2.48. The summed E-state index contributed by atoms with van der Waals surface area (Å²) in [7, 11) is -6.75. The molecule has 142 valence electrons. The fourth-order valence-corrected chi connectivity index (χ4v) is 4.84. The van der Waals surface area contributed by atoms with Crippen molar-refractivity contribution in [3.05, 3.63) is 18.3 Å². The summed E-state index contributed by atoms with van der Waals surface area (Å²) >= 11 is 0. The van der Waals surface area contributed by atoms with E-state index in [1.165, 1.54) is 22.8 Å². The molecule has 1 aliphatic heterocycles. The van der Waals surface area contributed by atoms with Crippen molar-refractivity contribution in [2.24, 2.45) is 0 Å². The van der Waals surface area contributed by atoms with E-state index in [0.29, 0.717) is 32.0 Å². The Morgan fingerprint density at radius 3 is 2.28 bits per heavy atom. The molecule has 0 aromatic carbocycles. The molecule has 1 fully saturated rings. The van der Waals surface area contributed by atoms with Crippen molar-refractivity contribution in [3.8, 4) is 0 Å². The van der Waals surface area contributed by atoms with E-state index in [2.05, 4.69) is 9.71 Å². The van der Waals surface area contributed by atoms with E-state index in [9.17, 15) is 16.8 Å². The summed E-state index contributed by atoms with van der Waals surface area (Å²) in [6.45, 7) is 5.69. The Morgan fingerprint density at radius 1 is 1.16 bits per heavy atom. The van der Waals surface area contributed by atoms with Crippen molar-refractivity contribution in [3.63, 3.8) is 0 Å². The van der Waals surface area contributed by atoms with Crippen LogP contribution in [0.5, 0.6) is 0 Å². The molecule has 0 spiro atoms. The summed E-state index contributed by atoms with van der Waals surface area (Å²) in [4.78, 5) is 6.33. The summed E-state index contributed by atoms with van der Waals surface area (Å²) in [6, 6.07) is 3.07. The molecule has 8 nitrogen and oxygen atoms in total. The predicted octanol–water partition coefficient (Wildman–Crippen LogP) is 0.630. The van der Waals surface area contributed by atoms with Crippen LogP contribution in [0, 0.1) is 0 Å². The van der Waals surface area contributed by atoms with E-state index < -0.39 is 20.0 Å². The number of aromatic nitrogens is 1. The Hall–Kier alpha value is -1.23. The second-order valence-corrected chi connectivity index (χ2v) is 10.0. The number of rotatable bonds is 7. The number of pyridine rings is 1. The minimum Gasteiger partial charge on any atom is -0.354 e. The van der Waals surface area contributed by atoms with Crippen LogP contribution in [0.2, 0.25) is 0 Å². The fourth-order valence-electron chi connectivity index (χ4n) is 2.79. The molecule has 25 heavy (non-hydrogen) atoms. The second-order valence-electron chi connectivity index (χ2n) is 6.31. The molecule has 0 saturated carbocycles. The SMILES string of the molecule is CCCC(C)NS(=O)(=O)c1ccc(N2CCN(S(C)(=O)=O)CC2)nc1. The first-order valence-corrected chi connectivity index (χ1v) is 11.6. The molecule has 2 heterocycles. The van der Waals surface area contributed by atoms with E-state index in [0.717, 1.165) is 12.8 Å². The first-order chi connectivity index (χ1) is 11.6. The molecule has 0 amide bonds. The van der Waals surface area contributed by atoms with Gasteiger partial charge in [0.1, 0.15) is 10.7 Å². The maximum atomic E-state index is 12.3. The zero-order valence-corrected chi connectivity index (χ0v) is 16.5. The number of nitrogens with zero attached hydrogens (tertiary/aromatic N) is 3. The Bertz CT molecular complexity index is 770. The van der Waals surface area contributed by atoms with Crippen LogP contribution in [-0.2, 0) is 20.0 Å². The van der Waals surface area contributed by atoms with Crippen LogP contribution in [0.1, 0.15) is 26.7 Å². The van der Waals surface area contributed by atoms with Crippen molar-refractivity contribution in [1.82, 2.24) is 14.0 Å². The highest BCUT2D eigenvalue weighted by atomic mass is 32.2. The minimum absolute atomic E-state index is 0.126. The lowest BCUT2D eigenvalue weighted by molar-refractivity contribution is 0.387. The number of sulfonamides is 2. The molecule has 10 heteroatoms. The highest BCUT2D eigenvalue weighted by Crippen LogP contribution is 2.17. The third-order valence-corrected chi connectivity index (χ3v) is 7.02. The highest BCUT2D eigenvalue weighted by Gasteiger charge is 2.24. The average molecular weight is 391 g/mol. The molecule has 1 atom stereocenters. The summed E-state index contributed by atoms with van der Waals surface area (Å²) < 4.78 is 51.8. The normalized spacial score (nSPS) is 18.3. The van der Waals surface area contributed by atoms with Gasteiger partial charge in [-0.1, -0.05) is 13.3 Å². The lowest BCUT2D eigenvalue weighted by Gasteiger charge is -2.33. The van der Waals surface area contributed by atoms with Crippen molar-refractivity contribution in [1.29, 1.82) is 0 Å². The molecule has 1 saturated heterocycles. The van der Waals surface area contributed by atoms with Gasteiger partial charge in [-0.05, 0) is 25.5 Å². The topological polar surface area (TPSA) is 99.7 Å². The van der Waals surface area contributed by atoms with Crippen LogP contribution < -0.4 is 9.62 Å². The third-order valence-electron chi connectivity index (χ3n) is 4.14. The van der Waals surface area contributed by atoms with E-state index in [1.807, 2.05) is 18.7 Å². The summed E-state index contributed by atoms with van der Waals surface area (Å²) in [5, 5.41) is 0. The summed E-state index contributed by atoms with van der Waals surface area (Å²) in [5.74, 6) is 0.647. The van der Waals surface area contributed by atoms with Gasteiger partial charge in [0.25, 0.3) is 0 Å². The van der Waals surface area contributed by atoms with Crippen molar-refractivity contribution in [2.75, 3.05) is 37.3 Å². The monoisotopic (exact) mass is 390 g/mol. The first-order valence-electron chi connectivity index (χ1n) is 8.32. The van der Waals surface area contributed by atoms with Crippen LogP contribution in [0.25, 0.3) is 0 Å². The van der Waals surface area contributed by atoms with Gasteiger partial charge in [0, 0.05) is 38.4 Å². The molecule has 1 aromatic rings. The molecule has 0 radical (unpaired) electrons. The zero-order valence-electron chi connectivity index (χ0n) is 14.8. The number of nitrogens with one attached hydrogen (secondary N) is 1. The smallest absolute Gasteiger partial charge is 0.242 e. The van der Waals surface area contributed by atoms with Crippen LogP contribution >= 0.6 is 0 Å². The maximum absolute atomic E-state index is 12.3. The van der Waals surface area contributed by atoms with Gasteiger partial charge < -0.3 is 4.90 Å². The number of hydrogen-bond donors (Lipinski definition) is 1. The van der Waals surface area contributed by atoms with Gasteiger partial charge in [0.2, 0.25) is 20.0 Å². The van der Waals surface area contributed by atoms with Gasteiger partial charge in [0.15, 0.2) is 0 Å². The van der Waals surface area contributed by atoms with Crippen molar-refractivity contribution in [2.45, 2.75) is 37.6 Å². The van der Waals surface area contributed by atoms with Gasteiger partial charge in [-0.25, -0.2) is 26.5 Å². The van der Waals surface area contributed by atoms with Crippen LogP contribution in [0.3, 0.4) is 0 Å². The Kier molecular flexibility index (Phi) is 6.41. The van der Waals surface area contributed by atoms with Gasteiger partial charge in [-0.3, -0.25) is 0 Å². The Labute approximate surface area is 150 Å². The largest absolute Gasteiger partial charge is 0.354 e. The molecular weight excluding hydrogens is 364 g/mol. The predicted molar refractivity (Wildman–Crippen MR) is 97.6 cm³/mol. The molecule has 1 N–H and O–H groups in total. The molecule has 1 aromatic heterocycles. The third kappa shape index (κ3) is 5.37. The van der Waals surface area contributed by atoms with E-state index in [-0.39, 0.29) is 10.9 Å². The second kappa shape index (κ2) is 7.98. The molecular formula is C15H26N4O4S2. The average Bonchev–Trinajstić information content (AvgIpc) is 2.54. The van der Waals surface area contributed by atoms with Crippen LogP contribution in [0.15, 0.2) is 23.2 Å². The number of piperazine rings is 1. The van der Waals surface area contributed by atoms with Gasteiger partial charge in [-0.15, -0.1) is 0 Å². The minimum atomic E-state index is -3.58. The van der Waals surface area contributed by atoms with Crippen molar-refractivity contribution < 1.29 is 16.8 Å². The summed E-state index contributed by atoms with van der Waals surface area (Å²) in [6.07, 6.45) is 4.22. The lowest BCUT2D eigenvalue weighted by atomic mass is 10.2. The molecule has 0 bridgehead atoms. The molecule has 2 rings (SSSR count). The first kappa shape index (κ1) is 20.1. The standard InChI is InChI=1S/C15H26N4O4S2/c1-4-5-13(2)17-25(22,23)14-6-7-15(16-12-14)18-8-10-19(11-9-18)24(3,20)21/h6-7,12-13,17H,4-5,8-11H2,1-3H3. The van der Waals surface area contributed by atoms with Crippen molar-refractivity contribution >= 4 is 25.9 Å². The van der Waals surface area contributed by atoms with Gasteiger partial charge in [-0.2, -0.15) is 4.31 Å². The van der Waals surface area contributed by atoms with E-state index in [4.69, 9.17) is 0 Å². The molecule has 1 aliphatic rings. The van der Waals surface area contributed by atoms with E-state index >= 15 is 0 Å². The Balaban J connectivity index is 2.03. The summed E-state index contributed by atoms with van der Waals surface area (Å²) in [5.41, 5.74) is 0. The van der Waals surface area contributed by atoms with Gasteiger partial charge >= 0.3 is 0 Å². The van der Waals surface area contributed by atoms with E-state index in [1.54, 1.807) is 6.07 Å². The zero-order chi connectivity index (χ0) is 18.7. The number of anilines is 1. The molecule has 1 unspecified atom stereocenters. The maximum Gasteiger partial charge on any atom is 0.242 e. The van der Waals surface area contributed by atoms with Crippen LogP contribution in [0.4, 0.5) is 5.82 Å². The Morgan fingerprint density at radius 2 is 1.80 bits per heavy atom. The highest BCUT2D eigenvalue weighted by molar-refractivity contribution is 7.89. The number of hydrogen-bond acceptors (Lipinski definition) is 6. The quantitative estimate of drug-likeness (QED) is 0.733.